The maximum absolute atomic E-state index is 9.47. The summed E-state index contributed by atoms with van der Waals surface area (Å²) in [5, 5.41) is 15.0. The zero-order chi connectivity index (χ0) is 12.7. The lowest BCUT2D eigenvalue weighted by Gasteiger charge is -1.86. The Balaban J connectivity index is -0.000000144. The summed E-state index contributed by atoms with van der Waals surface area (Å²) in [5.41, 5.74) is 4.53. The lowest BCUT2D eigenvalue weighted by Crippen LogP contribution is -2.04. The molecule has 0 saturated carbocycles. The van der Waals surface area contributed by atoms with Gasteiger partial charge in [-0.1, -0.05) is 6.58 Å². The number of carbonyl (C=O) groups excluding carboxylic acids is 1. The van der Waals surface area contributed by atoms with E-state index in [1.807, 2.05) is 13.8 Å². The molecule has 0 radical (unpaired) electrons. The van der Waals surface area contributed by atoms with Gasteiger partial charge in [0, 0.05) is 13.2 Å². The third-order valence-electron chi connectivity index (χ3n) is 0.745. The van der Waals surface area contributed by atoms with Crippen molar-refractivity contribution in [3.8, 4) is 0 Å². The first-order valence-corrected chi connectivity index (χ1v) is 4.28. The fraction of sp³-hybridized carbons (Fsp3) is 0.556. The molecule has 0 unspecified atom stereocenters. The van der Waals surface area contributed by atoms with Crippen LogP contribution >= 0.6 is 0 Å². The number of aliphatic carboxylic acids is 1. The molecule has 1 amide bonds. The summed E-state index contributed by atoms with van der Waals surface area (Å²) in [7, 11) is 0. The van der Waals surface area contributed by atoms with Crippen LogP contribution < -0.4 is 5.73 Å². The van der Waals surface area contributed by atoms with Gasteiger partial charge in [-0.3, -0.25) is 4.79 Å². The van der Waals surface area contributed by atoms with Gasteiger partial charge in [-0.2, -0.15) is 0 Å². The summed E-state index contributed by atoms with van der Waals surface area (Å²) >= 11 is 0. The van der Waals surface area contributed by atoms with Crippen LogP contribution in [0.5, 0.6) is 0 Å². The molecule has 0 aromatic heterocycles. The zero-order valence-corrected chi connectivity index (χ0v) is 9.10. The van der Waals surface area contributed by atoms with E-state index in [1.165, 1.54) is 0 Å². The van der Waals surface area contributed by atoms with Crippen LogP contribution in [0, 0.1) is 0 Å². The minimum Gasteiger partial charge on any atom is -0.480 e. The van der Waals surface area contributed by atoms with E-state index in [4.69, 9.17) is 19.7 Å². The second-order valence-corrected chi connectivity index (χ2v) is 1.94. The van der Waals surface area contributed by atoms with E-state index < -0.39 is 18.5 Å². The van der Waals surface area contributed by atoms with Gasteiger partial charge in [0.2, 0.25) is 5.91 Å². The standard InChI is InChI=1S/C4H10O.C3H5NO.C2H4O3/c1-3-5-4-2;1-2-3(4)5;3-1-2(4)5/h3-4H2,1-2H3;2H,1H2,(H2,4,5);3H,1H2,(H,4,5). The molecule has 0 bridgehead atoms. The van der Waals surface area contributed by atoms with Crippen LogP contribution in [0.15, 0.2) is 12.7 Å². The van der Waals surface area contributed by atoms with Crippen LogP contribution in [-0.2, 0) is 14.3 Å². The van der Waals surface area contributed by atoms with Gasteiger partial charge in [-0.15, -0.1) is 0 Å². The zero-order valence-electron chi connectivity index (χ0n) is 9.10. The van der Waals surface area contributed by atoms with Gasteiger partial charge in [-0.05, 0) is 19.9 Å². The normalized spacial score (nSPS) is 7.40. The lowest BCUT2D eigenvalue weighted by atomic mass is 10.6. The molecule has 90 valence electrons. The Morgan fingerprint density at radius 3 is 1.67 bits per heavy atom. The molecule has 0 saturated heterocycles. The van der Waals surface area contributed by atoms with Crippen LogP contribution in [-0.4, -0.2) is 41.9 Å². The van der Waals surface area contributed by atoms with Crippen LogP contribution in [0.3, 0.4) is 0 Å². The Morgan fingerprint density at radius 2 is 1.67 bits per heavy atom. The predicted molar refractivity (Wildman–Crippen MR) is 56.3 cm³/mol. The molecule has 0 aliphatic rings. The Bertz CT molecular complexity index is 168. The topological polar surface area (TPSA) is 110 Å². The molecule has 4 N–H and O–H groups in total. The monoisotopic (exact) mass is 221 g/mol. The highest BCUT2D eigenvalue weighted by atomic mass is 16.5. The minimum atomic E-state index is -1.19. The van der Waals surface area contributed by atoms with Crippen molar-refractivity contribution in [2.24, 2.45) is 5.73 Å². The van der Waals surface area contributed by atoms with Crippen molar-refractivity contribution >= 4 is 11.9 Å². The number of ether oxygens (including phenoxy) is 1. The maximum Gasteiger partial charge on any atom is 0.329 e. The van der Waals surface area contributed by atoms with Crippen molar-refractivity contribution in [1.82, 2.24) is 0 Å². The molecule has 0 aliphatic heterocycles. The molecule has 15 heavy (non-hydrogen) atoms. The second-order valence-electron chi connectivity index (χ2n) is 1.94. The van der Waals surface area contributed by atoms with Crippen molar-refractivity contribution in [1.29, 1.82) is 0 Å². The van der Waals surface area contributed by atoms with Crippen molar-refractivity contribution < 1.29 is 24.5 Å². The largest absolute Gasteiger partial charge is 0.480 e. The predicted octanol–water partition coefficient (Wildman–Crippen LogP) is -0.236. The molecule has 6 heteroatoms. The molecule has 0 fully saturated rings. The average Bonchev–Trinajstić information content (AvgIpc) is 2.20. The number of primary amides is 1. The Morgan fingerprint density at radius 1 is 1.40 bits per heavy atom. The number of hydrogen-bond acceptors (Lipinski definition) is 4. The van der Waals surface area contributed by atoms with Crippen molar-refractivity contribution in [2.75, 3.05) is 19.8 Å². The first kappa shape index (κ1) is 19.2. The average molecular weight is 221 g/mol. The third kappa shape index (κ3) is 66.9. The number of amides is 1. The third-order valence-corrected chi connectivity index (χ3v) is 0.745. The Hall–Kier alpha value is -1.40. The van der Waals surface area contributed by atoms with E-state index in [0.717, 1.165) is 19.3 Å². The molecular weight excluding hydrogens is 202 g/mol. The number of hydrogen-bond donors (Lipinski definition) is 3. The summed E-state index contributed by atoms with van der Waals surface area (Å²) < 4.78 is 4.83. The van der Waals surface area contributed by atoms with E-state index in [-0.39, 0.29) is 0 Å². The number of carboxylic acid groups (broad SMARTS) is 1. The summed E-state index contributed by atoms with van der Waals surface area (Å²) in [6.07, 6.45) is 1.06. The highest BCUT2D eigenvalue weighted by Crippen LogP contribution is 1.64. The number of carbonyl (C=O) groups is 2. The summed E-state index contributed by atoms with van der Waals surface area (Å²) in [6.45, 7) is 7.97. The number of aliphatic hydroxyl groups is 1. The van der Waals surface area contributed by atoms with Gasteiger partial charge in [0.1, 0.15) is 6.61 Å². The van der Waals surface area contributed by atoms with E-state index in [9.17, 15) is 4.79 Å². The number of rotatable bonds is 4. The van der Waals surface area contributed by atoms with Crippen molar-refractivity contribution in [2.45, 2.75) is 13.8 Å². The highest BCUT2D eigenvalue weighted by Gasteiger charge is 1.82. The van der Waals surface area contributed by atoms with E-state index in [1.54, 1.807) is 0 Å². The lowest BCUT2D eigenvalue weighted by molar-refractivity contribution is -0.140. The number of aliphatic hydroxyl groups excluding tert-OH is 1. The van der Waals surface area contributed by atoms with Gasteiger partial charge >= 0.3 is 5.97 Å². The van der Waals surface area contributed by atoms with Crippen molar-refractivity contribution in [3.05, 3.63) is 12.7 Å². The Kier molecular flexibility index (Phi) is 23.6. The molecule has 0 rings (SSSR count). The van der Waals surface area contributed by atoms with Crippen LogP contribution in [0.4, 0.5) is 0 Å². The smallest absolute Gasteiger partial charge is 0.329 e. The number of carboxylic acids is 1. The molecular formula is C9H19NO5. The van der Waals surface area contributed by atoms with Gasteiger partial charge < -0.3 is 20.7 Å². The molecule has 0 aromatic carbocycles. The fourth-order valence-corrected chi connectivity index (χ4v) is 0.204. The van der Waals surface area contributed by atoms with Gasteiger partial charge in [0.15, 0.2) is 0 Å². The van der Waals surface area contributed by atoms with Crippen LogP contribution in [0.25, 0.3) is 0 Å². The molecule has 0 heterocycles. The van der Waals surface area contributed by atoms with Crippen LogP contribution in [0.2, 0.25) is 0 Å². The van der Waals surface area contributed by atoms with E-state index >= 15 is 0 Å². The molecule has 6 nitrogen and oxygen atoms in total. The summed E-state index contributed by atoms with van der Waals surface area (Å²) in [5.74, 6) is -1.67. The van der Waals surface area contributed by atoms with Crippen molar-refractivity contribution in [3.63, 3.8) is 0 Å². The highest BCUT2D eigenvalue weighted by molar-refractivity contribution is 5.84. The van der Waals surface area contributed by atoms with Crippen LogP contribution in [0.1, 0.15) is 13.8 Å². The quantitative estimate of drug-likeness (QED) is 0.568. The fourth-order valence-electron chi connectivity index (χ4n) is 0.204. The van der Waals surface area contributed by atoms with E-state index in [0.29, 0.717) is 0 Å². The maximum atomic E-state index is 9.47. The van der Waals surface area contributed by atoms with Gasteiger partial charge in [0.25, 0.3) is 0 Å². The SMILES string of the molecule is C=CC(N)=O.CCOCC.O=C(O)CO. The number of nitrogens with two attached hydrogens (primary N) is 1. The summed E-state index contributed by atoms with van der Waals surface area (Å²) in [4.78, 5) is 18.6. The first-order valence-electron chi connectivity index (χ1n) is 4.28. The molecule has 0 aliphatic carbocycles. The second kappa shape index (κ2) is 18.4. The summed E-state index contributed by atoms with van der Waals surface area (Å²) in [6, 6.07) is 0. The van der Waals surface area contributed by atoms with Gasteiger partial charge in [0.05, 0.1) is 0 Å². The first-order chi connectivity index (χ1) is 6.95. The molecule has 0 aromatic rings. The van der Waals surface area contributed by atoms with Gasteiger partial charge in [-0.25, -0.2) is 4.79 Å². The van der Waals surface area contributed by atoms with E-state index in [2.05, 4.69) is 12.3 Å². The molecule has 0 atom stereocenters. The Labute approximate surface area is 89.3 Å². The minimum absolute atomic E-state index is 0.481. The molecule has 0 spiro atoms.